The maximum Gasteiger partial charge on any atom is 0.356 e. The average Bonchev–Trinajstić information content (AvgIpc) is 3.23. The van der Waals surface area contributed by atoms with Crippen molar-refractivity contribution in [3.05, 3.63) is 59.8 Å². The van der Waals surface area contributed by atoms with E-state index >= 15 is 0 Å². The van der Waals surface area contributed by atoms with Gasteiger partial charge in [0.25, 0.3) is 0 Å². The lowest BCUT2D eigenvalue weighted by Gasteiger charge is -2.06. The number of nitrogens with zero attached hydrogens (tertiary/aromatic N) is 5. The molecule has 3 heterocycles. The van der Waals surface area contributed by atoms with Crippen LogP contribution in [-0.2, 0) is 11.8 Å². The lowest BCUT2D eigenvalue weighted by molar-refractivity contribution is 0.0590. The molecule has 3 aromatic heterocycles. The summed E-state index contributed by atoms with van der Waals surface area (Å²) in [5.41, 5.74) is 4.23. The molecule has 0 fully saturated rings. The number of rotatable bonds is 3. The van der Waals surface area contributed by atoms with Gasteiger partial charge in [-0.15, -0.1) is 0 Å². The zero-order valence-corrected chi connectivity index (χ0v) is 15.0. The first-order valence-electron chi connectivity index (χ1n) is 8.22. The molecule has 27 heavy (non-hydrogen) atoms. The van der Waals surface area contributed by atoms with E-state index in [1.807, 2.05) is 20.2 Å². The molecule has 0 amide bonds. The van der Waals surface area contributed by atoms with Crippen LogP contribution < -0.4 is 0 Å². The minimum absolute atomic E-state index is 0.245. The maximum absolute atomic E-state index is 13.2. The SMILES string of the molecule is COC(=O)c1cc(-c2cn(C)nc2C)nc2cc(-c3ccc(F)cc3)nn12. The number of ether oxygens (including phenoxy) is 1. The second-order valence-electron chi connectivity index (χ2n) is 6.13. The molecule has 0 atom stereocenters. The van der Waals surface area contributed by atoms with Gasteiger partial charge in [-0.2, -0.15) is 10.2 Å². The van der Waals surface area contributed by atoms with Gasteiger partial charge in [-0.3, -0.25) is 4.68 Å². The maximum atomic E-state index is 13.2. The topological polar surface area (TPSA) is 74.3 Å². The van der Waals surface area contributed by atoms with E-state index < -0.39 is 5.97 Å². The summed E-state index contributed by atoms with van der Waals surface area (Å²) in [6, 6.07) is 9.35. The van der Waals surface area contributed by atoms with Crippen LogP contribution in [0.15, 0.2) is 42.6 Å². The van der Waals surface area contributed by atoms with Crippen LogP contribution in [0.5, 0.6) is 0 Å². The van der Waals surface area contributed by atoms with Crippen molar-refractivity contribution < 1.29 is 13.9 Å². The number of benzene rings is 1. The molecular formula is C19H16FN5O2. The zero-order valence-electron chi connectivity index (χ0n) is 15.0. The van der Waals surface area contributed by atoms with Crippen molar-refractivity contribution in [3.63, 3.8) is 0 Å². The van der Waals surface area contributed by atoms with E-state index in [0.717, 1.165) is 16.8 Å². The highest BCUT2D eigenvalue weighted by atomic mass is 19.1. The van der Waals surface area contributed by atoms with Crippen molar-refractivity contribution >= 4 is 11.6 Å². The number of hydrogen-bond acceptors (Lipinski definition) is 5. The van der Waals surface area contributed by atoms with Crippen LogP contribution in [0.25, 0.3) is 28.2 Å². The number of hydrogen-bond donors (Lipinski definition) is 0. The first-order chi connectivity index (χ1) is 13.0. The average molecular weight is 365 g/mol. The first-order valence-corrected chi connectivity index (χ1v) is 8.22. The fourth-order valence-electron chi connectivity index (χ4n) is 2.98. The Labute approximate surface area is 154 Å². The van der Waals surface area contributed by atoms with Crippen LogP contribution in [0.3, 0.4) is 0 Å². The van der Waals surface area contributed by atoms with Crippen LogP contribution in [0.2, 0.25) is 0 Å². The molecule has 0 aliphatic rings. The predicted molar refractivity (Wildman–Crippen MR) is 96.7 cm³/mol. The van der Waals surface area contributed by atoms with E-state index in [4.69, 9.17) is 4.74 Å². The Morgan fingerprint density at radius 2 is 1.85 bits per heavy atom. The second-order valence-corrected chi connectivity index (χ2v) is 6.13. The van der Waals surface area contributed by atoms with Crippen molar-refractivity contribution in [2.75, 3.05) is 7.11 Å². The van der Waals surface area contributed by atoms with Gasteiger partial charge in [0.2, 0.25) is 0 Å². The largest absolute Gasteiger partial charge is 0.464 e. The van der Waals surface area contributed by atoms with Crippen LogP contribution >= 0.6 is 0 Å². The van der Waals surface area contributed by atoms with E-state index in [0.29, 0.717) is 17.0 Å². The third-order valence-corrected chi connectivity index (χ3v) is 4.25. The Morgan fingerprint density at radius 3 is 2.48 bits per heavy atom. The summed E-state index contributed by atoms with van der Waals surface area (Å²) < 4.78 is 21.2. The van der Waals surface area contributed by atoms with Crippen LogP contribution in [-0.4, -0.2) is 37.5 Å². The second kappa shape index (κ2) is 6.31. The van der Waals surface area contributed by atoms with Crippen LogP contribution in [0.4, 0.5) is 4.39 Å². The fraction of sp³-hybridized carbons (Fsp3) is 0.158. The van der Waals surface area contributed by atoms with Crippen molar-refractivity contribution in [1.29, 1.82) is 0 Å². The Hall–Kier alpha value is -3.55. The molecule has 0 unspecified atom stereocenters. The molecule has 0 saturated carbocycles. The Morgan fingerprint density at radius 1 is 1.11 bits per heavy atom. The van der Waals surface area contributed by atoms with E-state index in [2.05, 4.69) is 15.2 Å². The van der Waals surface area contributed by atoms with Gasteiger partial charge in [0.15, 0.2) is 11.3 Å². The molecule has 0 aliphatic carbocycles. The lowest BCUT2D eigenvalue weighted by atomic mass is 10.1. The van der Waals surface area contributed by atoms with Crippen molar-refractivity contribution in [1.82, 2.24) is 24.4 Å². The molecule has 0 bridgehead atoms. The quantitative estimate of drug-likeness (QED) is 0.522. The smallest absolute Gasteiger partial charge is 0.356 e. The first kappa shape index (κ1) is 16.9. The summed E-state index contributed by atoms with van der Waals surface area (Å²) in [6.45, 7) is 1.87. The fourth-order valence-corrected chi connectivity index (χ4v) is 2.98. The summed E-state index contributed by atoms with van der Waals surface area (Å²) in [4.78, 5) is 16.9. The highest BCUT2D eigenvalue weighted by Gasteiger charge is 2.19. The number of fused-ring (bicyclic) bond motifs is 1. The summed E-state index contributed by atoms with van der Waals surface area (Å²) >= 11 is 0. The van der Waals surface area contributed by atoms with Gasteiger partial charge >= 0.3 is 5.97 Å². The molecule has 1 aromatic carbocycles. The van der Waals surface area contributed by atoms with E-state index in [1.165, 1.54) is 23.8 Å². The number of aryl methyl sites for hydroxylation is 2. The number of methoxy groups -OCH3 is 1. The Balaban J connectivity index is 1.94. The molecule has 0 spiro atoms. The minimum atomic E-state index is -0.529. The summed E-state index contributed by atoms with van der Waals surface area (Å²) in [7, 11) is 3.13. The molecule has 0 aliphatic heterocycles. The highest BCUT2D eigenvalue weighted by Crippen LogP contribution is 2.25. The number of carbonyl (C=O) groups is 1. The number of carbonyl (C=O) groups excluding carboxylic acids is 1. The van der Waals surface area contributed by atoms with Gasteiger partial charge < -0.3 is 4.74 Å². The predicted octanol–water partition coefficient (Wildman–Crippen LogP) is 3.03. The molecular weight excluding hydrogens is 349 g/mol. The van der Waals surface area contributed by atoms with E-state index in [1.54, 1.807) is 28.9 Å². The number of esters is 1. The molecule has 0 saturated heterocycles. The molecule has 7 nitrogen and oxygen atoms in total. The van der Waals surface area contributed by atoms with Gasteiger partial charge in [-0.1, -0.05) is 0 Å². The Bertz CT molecular complexity index is 1160. The number of halogens is 1. The van der Waals surface area contributed by atoms with E-state index in [-0.39, 0.29) is 11.5 Å². The third kappa shape index (κ3) is 2.95. The van der Waals surface area contributed by atoms with Gasteiger partial charge in [0, 0.05) is 30.4 Å². The van der Waals surface area contributed by atoms with Crippen LogP contribution in [0, 0.1) is 12.7 Å². The summed E-state index contributed by atoms with van der Waals surface area (Å²) in [5, 5.41) is 8.78. The van der Waals surface area contributed by atoms with Crippen molar-refractivity contribution in [2.45, 2.75) is 6.92 Å². The van der Waals surface area contributed by atoms with Crippen LogP contribution in [0.1, 0.15) is 16.2 Å². The minimum Gasteiger partial charge on any atom is -0.464 e. The van der Waals surface area contributed by atoms with Gasteiger partial charge in [-0.25, -0.2) is 18.7 Å². The van der Waals surface area contributed by atoms with Gasteiger partial charge in [0.05, 0.1) is 24.2 Å². The third-order valence-electron chi connectivity index (χ3n) is 4.25. The molecule has 136 valence electrons. The molecule has 0 N–H and O–H groups in total. The molecule has 0 radical (unpaired) electrons. The normalized spacial score (nSPS) is 11.1. The van der Waals surface area contributed by atoms with Crippen molar-refractivity contribution in [2.24, 2.45) is 7.05 Å². The highest BCUT2D eigenvalue weighted by molar-refractivity contribution is 5.90. The van der Waals surface area contributed by atoms with Gasteiger partial charge in [0.1, 0.15) is 5.82 Å². The standard InChI is InChI=1S/C19H16FN5O2/c1-11-14(10-24(2)22-11)16-8-17(19(26)27-3)25-18(21-16)9-15(23-25)12-4-6-13(20)7-5-12/h4-10H,1-3H3. The summed E-state index contributed by atoms with van der Waals surface area (Å²) in [6.07, 6.45) is 1.84. The molecule has 8 heteroatoms. The molecule has 4 rings (SSSR count). The monoisotopic (exact) mass is 365 g/mol. The van der Waals surface area contributed by atoms with E-state index in [9.17, 15) is 9.18 Å². The number of aromatic nitrogens is 5. The lowest BCUT2D eigenvalue weighted by Crippen LogP contribution is -2.10. The Kier molecular flexibility index (Phi) is 3.95. The summed E-state index contributed by atoms with van der Waals surface area (Å²) in [5.74, 6) is -0.857. The van der Waals surface area contributed by atoms with Crippen molar-refractivity contribution in [3.8, 4) is 22.5 Å². The zero-order chi connectivity index (χ0) is 19.1. The van der Waals surface area contributed by atoms with Gasteiger partial charge in [-0.05, 0) is 37.3 Å². The molecule has 4 aromatic rings.